The molecular formula is C20H14FN3OS. The SMILES string of the molecule is Cc1ccc(-c2nc3cccnc3s2)cc1NC(=O)c1ccccc1F. The van der Waals surface area contributed by atoms with Gasteiger partial charge in [-0.3, -0.25) is 4.79 Å². The van der Waals surface area contributed by atoms with Crippen LogP contribution in [0.15, 0.2) is 60.8 Å². The molecule has 0 saturated heterocycles. The molecule has 0 fully saturated rings. The molecule has 4 aromatic rings. The average molecular weight is 363 g/mol. The van der Waals surface area contributed by atoms with Crippen LogP contribution in [0, 0.1) is 12.7 Å². The lowest BCUT2D eigenvalue weighted by molar-refractivity contribution is 0.102. The minimum Gasteiger partial charge on any atom is -0.322 e. The molecule has 1 amide bonds. The Kier molecular flexibility index (Phi) is 4.18. The highest BCUT2D eigenvalue weighted by Gasteiger charge is 2.14. The van der Waals surface area contributed by atoms with Gasteiger partial charge in [-0.25, -0.2) is 14.4 Å². The number of carbonyl (C=O) groups is 1. The van der Waals surface area contributed by atoms with E-state index in [1.54, 1.807) is 18.3 Å². The Morgan fingerprint density at radius 3 is 2.77 bits per heavy atom. The second-order valence-electron chi connectivity index (χ2n) is 5.81. The molecule has 0 atom stereocenters. The van der Waals surface area contributed by atoms with Crippen LogP contribution in [0.1, 0.15) is 15.9 Å². The Morgan fingerprint density at radius 2 is 1.96 bits per heavy atom. The van der Waals surface area contributed by atoms with Crippen LogP contribution in [-0.2, 0) is 0 Å². The van der Waals surface area contributed by atoms with Crippen molar-refractivity contribution in [2.75, 3.05) is 5.32 Å². The molecule has 1 N–H and O–H groups in total. The lowest BCUT2D eigenvalue weighted by Crippen LogP contribution is -2.14. The molecule has 4 nitrogen and oxygen atoms in total. The highest BCUT2D eigenvalue weighted by molar-refractivity contribution is 7.21. The molecule has 0 bridgehead atoms. The lowest BCUT2D eigenvalue weighted by Gasteiger charge is -2.10. The van der Waals surface area contributed by atoms with Gasteiger partial charge in [0, 0.05) is 17.4 Å². The minimum absolute atomic E-state index is 0.0153. The minimum atomic E-state index is -0.545. The first kappa shape index (κ1) is 16.4. The monoisotopic (exact) mass is 363 g/mol. The first-order valence-electron chi connectivity index (χ1n) is 8.00. The lowest BCUT2D eigenvalue weighted by atomic mass is 10.1. The molecule has 26 heavy (non-hydrogen) atoms. The van der Waals surface area contributed by atoms with E-state index < -0.39 is 11.7 Å². The Hall–Kier alpha value is -3.12. The van der Waals surface area contributed by atoms with Gasteiger partial charge >= 0.3 is 0 Å². The van der Waals surface area contributed by atoms with Gasteiger partial charge in [0.15, 0.2) is 0 Å². The molecule has 128 valence electrons. The van der Waals surface area contributed by atoms with Crippen LogP contribution in [0.5, 0.6) is 0 Å². The second-order valence-corrected chi connectivity index (χ2v) is 6.79. The van der Waals surface area contributed by atoms with E-state index in [1.165, 1.54) is 23.5 Å². The number of aromatic nitrogens is 2. The van der Waals surface area contributed by atoms with Crippen molar-refractivity contribution in [1.29, 1.82) is 0 Å². The van der Waals surface area contributed by atoms with E-state index in [9.17, 15) is 9.18 Å². The van der Waals surface area contributed by atoms with Gasteiger partial charge in [0.2, 0.25) is 0 Å². The summed E-state index contributed by atoms with van der Waals surface area (Å²) in [5, 5.41) is 3.61. The summed E-state index contributed by atoms with van der Waals surface area (Å²) in [6, 6.07) is 15.4. The number of rotatable bonds is 3. The number of nitrogens with zero attached hydrogens (tertiary/aromatic N) is 2. The molecule has 0 saturated carbocycles. The molecule has 0 aliphatic heterocycles. The van der Waals surface area contributed by atoms with Gasteiger partial charge < -0.3 is 5.32 Å². The zero-order valence-corrected chi connectivity index (χ0v) is 14.7. The van der Waals surface area contributed by atoms with Crippen molar-refractivity contribution in [3.63, 3.8) is 0 Å². The van der Waals surface area contributed by atoms with E-state index in [0.29, 0.717) is 5.69 Å². The molecule has 0 unspecified atom stereocenters. The van der Waals surface area contributed by atoms with Crippen molar-refractivity contribution in [1.82, 2.24) is 9.97 Å². The molecule has 0 spiro atoms. The van der Waals surface area contributed by atoms with Gasteiger partial charge in [0.25, 0.3) is 5.91 Å². The summed E-state index contributed by atoms with van der Waals surface area (Å²) in [5.74, 6) is -1.02. The van der Waals surface area contributed by atoms with E-state index in [1.807, 2.05) is 37.3 Å². The van der Waals surface area contributed by atoms with Gasteiger partial charge in [0.1, 0.15) is 21.2 Å². The largest absolute Gasteiger partial charge is 0.322 e. The van der Waals surface area contributed by atoms with Gasteiger partial charge in [-0.05, 0) is 42.8 Å². The Morgan fingerprint density at radius 1 is 1.12 bits per heavy atom. The third-order valence-electron chi connectivity index (χ3n) is 4.02. The molecule has 4 rings (SSSR count). The highest BCUT2D eigenvalue weighted by atomic mass is 32.1. The van der Waals surface area contributed by atoms with Crippen molar-refractivity contribution >= 4 is 33.3 Å². The van der Waals surface area contributed by atoms with Gasteiger partial charge in [0.05, 0.1) is 5.56 Å². The third kappa shape index (κ3) is 3.07. The Balaban J connectivity index is 1.68. The predicted octanol–water partition coefficient (Wildman–Crippen LogP) is 5.06. The number of aryl methyl sites for hydroxylation is 1. The summed E-state index contributed by atoms with van der Waals surface area (Å²) >= 11 is 1.49. The third-order valence-corrected chi connectivity index (χ3v) is 5.05. The standard InChI is InChI=1S/C20H14FN3OS/c1-12-8-9-13(19-24-16-7-4-10-22-20(16)26-19)11-17(12)23-18(25)14-5-2-3-6-15(14)21/h2-11H,1H3,(H,23,25). The maximum absolute atomic E-state index is 13.8. The summed E-state index contributed by atoms with van der Waals surface area (Å²) in [6.45, 7) is 1.89. The van der Waals surface area contributed by atoms with Gasteiger partial charge in [-0.1, -0.05) is 35.6 Å². The summed E-state index contributed by atoms with van der Waals surface area (Å²) in [4.78, 5) is 22.2. The molecule has 0 radical (unpaired) electrons. The summed E-state index contributed by atoms with van der Waals surface area (Å²) < 4.78 is 13.8. The number of anilines is 1. The number of nitrogens with one attached hydrogen (secondary N) is 1. The molecule has 6 heteroatoms. The van der Waals surface area contributed by atoms with Crippen LogP contribution >= 0.6 is 11.3 Å². The van der Waals surface area contributed by atoms with E-state index in [0.717, 1.165) is 26.5 Å². The van der Waals surface area contributed by atoms with Crippen molar-refractivity contribution < 1.29 is 9.18 Å². The molecule has 0 aliphatic carbocycles. The summed E-state index contributed by atoms with van der Waals surface area (Å²) in [5.41, 5.74) is 3.24. The van der Waals surface area contributed by atoms with E-state index in [4.69, 9.17) is 0 Å². The summed E-state index contributed by atoms with van der Waals surface area (Å²) in [6.07, 6.45) is 1.74. The van der Waals surface area contributed by atoms with Crippen molar-refractivity contribution in [2.24, 2.45) is 0 Å². The molecule has 2 heterocycles. The van der Waals surface area contributed by atoms with Crippen molar-refractivity contribution in [3.05, 3.63) is 77.7 Å². The number of halogens is 1. The quantitative estimate of drug-likeness (QED) is 0.554. The van der Waals surface area contributed by atoms with Crippen LogP contribution < -0.4 is 5.32 Å². The zero-order chi connectivity index (χ0) is 18.1. The Labute approximate surface area is 153 Å². The van der Waals surface area contributed by atoms with Crippen molar-refractivity contribution in [3.8, 4) is 10.6 Å². The molecule has 2 aromatic carbocycles. The molecule has 0 aliphatic rings. The number of amides is 1. The van der Waals surface area contributed by atoms with Crippen LogP contribution in [0.4, 0.5) is 10.1 Å². The van der Waals surface area contributed by atoms with E-state index in [2.05, 4.69) is 15.3 Å². The summed E-state index contributed by atoms with van der Waals surface area (Å²) in [7, 11) is 0. The number of hydrogen-bond donors (Lipinski definition) is 1. The van der Waals surface area contributed by atoms with E-state index in [-0.39, 0.29) is 5.56 Å². The van der Waals surface area contributed by atoms with E-state index >= 15 is 0 Å². The number of benzene rings is 2. The molecule has 2 aromatic heterocycles. The average Bonchev–Trinajstić information content (AvgIpc) is 3.08. The number of fused-ring (bicyclic) bond motifs is 1. The topological polar surface area (TPSA) is 54.9 Å². The normalized spacial score (nSPS) is 10.8. The fourth-order valence-corrected chi connectivity index (χ4v) is 3.52. The van der Waals surface area contributed by atoms with Crippen LogP contribution in [0.25, 0.3) is 20.9 Å². The van der Waals surface area contributed by atoms with Crippen LogP contribution in [0.3, 0.4) is 0 Å². The zero-order valence-electron chi connectivity index (χ0n) is 13.9. The molecular weight excluding hydrogens is 349 g/mol. The smallest absolute Gasteiger partial charge is 0.258 e. The highest BCUT2D eigenvalue weighted by Crippen LogP contribution is 2.31. The van der Waals surface area contributed by atoms with Gasteiger partial charge in [-0.15, -0.1) is 0 Å². The Bertz CT molecular complexity index is 1090. The fraction of sp³-hybridized carbons (Fsp3) is 0.0500. The number of pyridine rings is 1. The van der Waals surface area contributed by atoms with Gasteiger partial charge in [-0.2, -0.15) is 0 Å². The predicted molar refractivity (Wildman–Crippen MR) is 102 cm³/mol. The first-order chi connectivity index (χ1) is 12.6. The fourth-order valence-electron chi connectivity index (χ4n) is 2.62. The number of thiazole rings is 1. The van der Waals surface area contributed by atoms with Crippen LogP contribution in [-0.4, -0.2) is 15.9 Å². The second kappa shape index (κ2) is 6.65. The van der Waals surface area contributed by atoms with Crippen LogP contribution in [0.2, 0.25) is 0 Å². The number of carbonyl (C=O) groups excluding carboxylic acids is 1. The number of hydrogen-bond acceptors (Lipinski definition) is 4. The van der Waals surface area contributed by atoms with Crippen molar-refractivity contribution in [2.45, 2.75) is 6.92 Å². The first-order valence-corrected chi connectivity index (χ1v) is 8.82. The maximum Gasteiger partial charge on any atom is 0.258 e. The maximum atomic E-state index is 13.8.